The number of carbonyl (C=O) groups excluding carboxylic acids is 2. The third-order valence-electron chi connectivity index (χ3n) is 5.30. The highest BCUT2D eigenvalue weighted by molar-refractivity contribution is 5.98. The molecular formula is C21H24N6O2. The number of aryl methyl sites for hydroxylation is 1. The number of aromatic nitrogens is 4. The maximum absolute atomic E-state index is 13.0. The number of hydrogen-bond donors (Lipinski definition) is 1. The van der Waals surface area contributed by atoms with Crippen molar-refractivity contribution in [3.63, 3.8) is 0 Å². The monoisotopic (exact) mass is 392 g/mol. The van der Waals surface area contributed by atoms with Crippen LogP contribution in [-0.4, -0.2) is 67.3 Å². The summed E-state index contributed by atoms with van der Waals surface area (Å²) in [4.78, 5) is 32.5. The van der Waals surface area contributed by atoms with Crippen molar-refractivity contribution in [1.29, 1.82) is 0 Å². The molecule has 1 aliphatic heterocycles. The van der Waals surface area contributed by atoms with Crippen molar-refractivity contribution in [3.05, 3.63) is 60.6 Å². The van der Waals surface area contributed by atoms with E-state index in [0.717, 1.165) is 17.3 Å². The number of aromatic amines is 1. The molecule has 1 saturated heterocycles. The van der Waals surface area contributed by atoms with Crippen molar-refractivity contribution in [2.24, 2.45) is 0 Å². The van der Waals surface area contributed by atoms with Gasteiger partial charge < -0.3 is 14.8 Å². The molecule has 1 fully saturated rings. The number of piperazine rings is 1. The molecule has 0 aliphatic carbocycles. The molecule has 2 aromatic heterocycles. The van der Waals surface area contributed by atoms with Gasteiger partial charge in [0, 0.05) is 54.9 Å². The van der Waals surface area contributed by atoms with E-state index in [1.54, 1.807) is 21.9 Å². The summed E-state index contributed by atoms with van der Waals surface area (Å²) < 4.78 is 1.65. The highest BCUT2D eigenvalue weighted by Gasteiger charge is 2.31. The van der Waals surface area contributed by atoms with Crippen molar-refractivity contribution in [3.8, 4) is 0 Å². The molecule has 150 valence electrons. The summed E-state index contributed by atoms with van der Waals surface area (Å²) in [5.41, 5.74) is 2.00. The lowest BCUT2D eigenvalue weighted by molar-refractivity contribution is 0.0411. The highest BCUT2D eigenvalue weighted by atomic mass is 16.2. The van der Waals surface area contributed by atoms with E-state index in [-0.39, 0.29) is 17.9 Å². The number of hydrogen-bond acceptors (Lipinski definition) is 4. The van der Waals surface area contributed by atoms with Gasteiger partial charge in [0.15, 0.2) is 5.69 Å². The predicted molar refractivity (Wildman–Crippen MR) is 110 cm³/mol. The molecule has 1 atom stereocenters. The molecule has 1 unspecified atom stereocenters. The Morgan fingerprint density at radius 2 is 2.14 bits per heavy atom. The average molecular weight is 392 g/mol. The smallest absolute Gasteiger partial charge is 0.276 e. The molecule has 0 spiro atoms. The van der Waals surface area contributed by atoms with E-state index in [1.807, 2.05) is 42.3 Å². The molecule has 0 saturated carbocycles. The largest absolute Gasteiger partial charge is 0.361 e. The van der Waals surface area contributed by atoms with E-state index in [0.29, 0.717) is 37.4 Å². The van der Waals surface area contributed by atoms with E-state index >= 15 is 0 Å². The standard InChI is InChI=1S/C21H24N6O2/c1-3-4-9-26-14-19(23-24-26)21(29)25-10-11-27(15(2)13-25)20(28)17-5-6-18-16(12-17)7-8-22-18/h3,5-8,12,14-15,22H,1,4,9-11,13H2,2H3. The van der Waals surface area contributed by atoms with Crippen LogP contribution in [0.3, 0.4) is 0 Å². The van der Waals surface area contributed by atoms with Gasteiger partial charge in [-0.15, -0.1) is 11.7 Å². The molecular weight excluding hydrogens is 368 g/mol. The van der Waals surface area contributed by atoms with Gasteiger partial charge >= 0.3 is 0 Å². The van der Waals surface area contributed by atoms with Crippen molar-refractivity contribution < 1.29 is 9.59 Å². The van der Waals surface area contributed by atoms with Gasteiger partial charge in [0.1, 0.15) is 0 Å². The maximum Gasteiger partial charge on any atom is 0.276 e. The van der Waals surface area contributed by atoms with Crippen LogP contribution in [0, 0.1) is 0 Å². The van der Waals surface area contributed by atoms with Gasteiger partial charge in [-0.1, -0.05) is 11.3 Å². The minimum atomic E-state index is -0.150. The Kier molecular flexibility index (Phi) is 5.16. The van der Waals surface area contributed by atoms with Crippen LogP contribution in [0.15, 0.2) is 49.3 Å². The summed E-state index contributed by atoms with van der Waals surface area (Å²) in [6, 6.07) is 7.53. The Hall–Kier alpha value is -3.42. The molecule has 3 aromatic rings. The average Bonchev–Trinajstić information content (AvgIpc) is 3.40. The van der Waals surface area contributed by atoms with Crippen LogP contribution in [0.2, 0.25) is 0 Å². The number of amides is 2. The number of nitrogens with one attached hydrogen (secondary N) is 1. The van der Waals surface area contributed by atoms with Crippen LogP contribution in [0.5, 0.6) is 0 Å². The number of nitrogens with zero attached hydrogens (tertiary/aromatic N) is 5. The summed E-state index contributed by atoms with van der Waals surface area (Å²) >= 11 is 0. The lowest BCUT2D eigenvalue weighted by atomic mass is 10.1. The number of benzene rings is 1. The molecule has 0 radical (unpaired) electrons. The van der Waals surface area contributed by atoms with Gasteiger partial charge in [-0.05, 0) is 37.6 Å². The first-order chi connectivity index (χ1) is 14.1. The van der Waals surface area contributed by atoms with Crippen LogP contribution >= 0.6 is 0 Å². The Morgan fingerprint density at radius 3 is 2.93 bits per heavy atom. The number of fused-ring (bicyclic) bond motifs is 1. The minimum Gasteiger partial charge on any atom is -0.361 e. The second kappa shape index (κ2) is 7.90. The topological polar surface area (TPSA) is 87.1 Å². The Morgan fingerprint density at radius 1 is 1.28 bits per heavy atom. The van der Waals surface area contributed by atoms with E-state index in [1.165, 1.54) is 0 Å². The first kappa shape index (κ1) is 18.9. The molecule has 1 N–H and O–H groups in total. The van der Waals surface area contributed by atoms with Crippen molar-refractivity contribution in [2.45, 2.75) is 25.9 Å². The zero-order valence-corrected chi connectivity index (χ0v) is 16.4. The van der Waals surface area contributed by atoms with E-state index in [4.69, 9.17) is 0 Å². The maximum atomic E-state index is 13.0. The molecule has 29 heavy (non-hydrogen) atoms. The second-order valence-corrected chi connectivity index (χ2v) is 7.32. The van der Waals surface area contributed by atoms with Crippen molar-refractivity contribution in [1.82, 2.24) is 29.8 Å². The fourth-order valence-corrected chi connectivity index (χ4v) is 3.69. The minimum absolute atomic E-state index is 0.0110. The Labute approximate surface area is 168 Å². The summed E-state index contributed by atoms with van der Waals surface area (Å²) in [5.74, 6) is -0.161. The summed E-state index contributed by atoms with van der Waals surface area (Å²) in [6.07, 6.45) is 6.10. The molecule has 8 nitrogen and oxygen atoms in total. The van der Waals surface area contributed by atoms with Gasteiger partial charge in [-0.3, -0.25) is 14.3 Å². The van der Waals surface area contributed by atoms with E-state index in [9.17, 15) is 9.59 Å². The summed E-state index contributed by atoms with van der Waals surface area (Å²) in [7, 11) is 0. The molecule has 0 bridgehead atoms. The molecule has 8 heteroatoms. The highest BCUT2D eigenvalue weighted by Crippen LogP contribution is 2.19. The number of rotatable bonds is 5. The van der Waals surface area contributed by atoms with Crippen LogP contribution in [-0.2, 0) is 6.54 Å². The number of H-pyrrole nitrogens is 1. The third kappa shape index (κ3) is 3.78. The third-order valence-corrected chi connectivity index (χ3v) is 5.30. The SMILES string of the molecule is C=CCCn1cc(C(=O)N2CCN(C(=O)c3ccc4[nH]ccc4c3)C(C)C2)nn1. The van der Waals surface area contributed by atoms with E-state index in [2.05, 4.69) is 21.9 Å². The quantitative estimate of drug-likeness (QED) is 0.675. The van der Waals surface area contributed by atoms with Gasteiger partial charge in [0.25, 0.3) is 11.8 Å². The Balaban J connectivity index is 1.42. The van der Waals surface area contributed by atoms with Crippen molar-refractivity contribution in [2.75, 3.05) is 19.6 Å². The Bertz CT molecular complexity index is 1050. The zero-order valence-electron chi connectivity index (χ0n) is 16.4. The lowest BCUT2D eigenvalue weighted by Crippen LogP contribution is -2.55. The fourth-order valence-electron chi connectivity index (χ4n) is 3.69. The normalized spacial score (nSPS) is 16.9. The zero-order chi connectivity index (χ0) is 20.4. The number of allylic oxidation sites excluding steroid dienone is 1. The van der Waals surface area contributed by atoms with Crippen LogP contribution < -0.4 is 0 Å². The first-order valence-electron chi connectivity index (χ1n) is 9.75. The van der Waals surface area contributed by atoms with Gasteiger partial charge in [0.2, 0.25) is 0 Å². The van der Waals surface area contributed by atoms with Gasteiger partial charge in [-0.2, -0.15) is 0 Å². The van der Waals surface area contributed by atoms with Gasteiger partial charge in [0.05, 0.1) is 6.20 Å². The molecule has 3 heterocycles. The predicted octanol–water partition coefficient (Wildman–Crippen LogP) is 2.32. The number of carbonyl (C=O) groups is 2. The van der Waals surface area contributed by atoms with Crippen LogP contribution in [0.4, 0.5) is 0 Å². The molecule has 1 aliphatic rings. The molecule has 4 rings (SSSR count). The lowest BCUT2D eigenvalue weighted by Gasteiger charge is -2.39. The first-order valence-corrected chi connectivity index (χ1v) is 9.75. The van der Waals surface area contributed by atoms with Crippen LogP contribution in [0.25, 0.3) is 10.9 Å². The van der Waals surface area contributed by atoms with Gasteiger partial charge in [-0.25, -0.2) is 0 Å². The molecule has 2 amide bonds. The van der Waals surface area contributed by atoms with E-state index < -0.39 is 0 Å². The second-order valence-electron chi connectivity index (χ2n) is 7.32. The molecule has 1 aromatic carbocycles. The fraction of sp³-hybridized carbons (Fsp3) is 0.333. The van der Waals surface area contributed by atoms with Crippen molar-refractivity contribution >= 4 is 22.7 Å². The summed E-state index contributed by atoms with van der Waals surface area (Å²) in [6.45, 7) is 7.73. The summed E-state index contributed by atoms with van der Waals surface area (Å²) in [5, 5.41) is 9.01. The van der Waals surface area contributed by atoms with Crippen LogP contribution in [0.1, 0.15) is 34.2 Å².